The highest BCUT2D eigenvalue weighted by Crippen LogP contribution is 2.25. The molecule has 3 aromatic rings. The minimum Gasteiger partial charge on any atom is -0.341 e. The summed E-state index contributed by atoms with van der Waals surface area (Å²) in [5.41, 5.74) is 1.33. The standard InChI is InChI=1S/C21H20FN5O2/c1-26-19(28)11-18(17-8-9-23-13-24-17)25-21(26)27-10-2-3-15(12-27)20(29)14-4-6-16(22)7-5-14/h4-9,11,13,15H,2-3,10,12H2,1H3. The number of halogens is 1. The lowest BCUT2D eigenvalue weighted by Crippen LogP contribution is -2.42. The molecule has 1 atom stereocenters. The first-order valence-electron chi connectivity index (χ1n) is 9.42. The fourth-order valence-corrected chi connectivity index (χ4v) is 3.61. The lowest BCUT2D eigenvalue weighted by atomic mass is 9.90. The van der Waals surface area contributed by atoms with Gasteiger partial charge >= 0.3 is 0 Å². The Hall–Kier alpha value is -3.42. The summed E-state index contributed by atoms with van der Waals surface area (Å²) in [6.45, 7) is 1.14. The Morgan fingerprint density at radius 3 is 2.69 bits per heavy atom. The van der Waals surface area contributed by atoms with Gasteiger partial charge in [-0.1, -0.05) is 0 Å². The lowest BCUT2D eigenvalue weighted by Gasteiger charge is -2.33. The molecule has 1 fully saturated rings. The monoisotopic (exact) mass is 393 g/mol. The molecule has 4 rings (SSSR count). The first-order chi connectivity index (χ1) is 14.0. The number of carbonyl (C=O) groups excluding carboxylic acids is 1. The second-order valence-corrected chi connectivity index (χ2v) is 7.09. The SMILES string of the molecule is Cn1c(N2CCCC(C(=O)c3ccc(F)cc3)C2)nc(-c2ccncn2)cc1=O. The van der Waals surface area contributed by atoms with E-state index in [9.17, 15) is 14.0 Å². The van der Waals surface area contributed by atoms with Crippen molar-refractivity contribution in [1.82, 2.24) is 19.5 Å². The van der Waals surface area contributed by atoms with Crippen molar-refractivity contribution >= 4 is 11.7 Å². The van der Waals surface area contributed by atoms with E-state index in [4.69, 9.17) is 0 Å². The number of rotatable bonds is 4. The number of aromatic nitrogens is 4. The molecule has 29 heavy (non-hydrogen) atoms. The average molecular weight is 393 g/mol. The fourth-order valence-electron chi connectivity index (χ4n) is 3.61. The summed E-state index contributed by atoms with van der Waals surface area (Å²) in [7, 11) is 1.67. The molecule has 148 valence electrons. The highest BCUT2D eigenvalue weighted by molar-refractivity contribution is 5.98. The van der Waals surface area contributed by atoms with Crippen LogP contribution in [0, 0.1) is 11.7 Å². The minimum absolute atomic E-state index is 0.0216. The summed E-state index contributed by atoms with van der Waals surface area (Å²) < 4.78 is 14.6. The van der Waals surface area contributed by atoms with E-state index in [-0.39, 0.29) is 23.1 Å². The summed E-state index contributed by atoms with van der Waals surface area (Å²) in [6, 6.07) is 8.76. The van der Waals surface area contributed by atoms with Gasteiger partial charge in [-0.2, -0.15) is 0 Å². The average Bonchev–Trinajstić information content (AvgIpc) is 2.76. The normalized spacial score (nSPS) is 16.6. The number of benzene rings is 1. The summed E-state index contributed by atoms with van der Waals surface area (Å²) in [5, 5.41) is 0. The van der Waals surface area contributed by atoms with Crippen molar-refractivity contribution in [3.05, 3.63) is 70.7 Å². The Morgan fingerprint density at radius 1 is 1.17 bits per heavy atom. The van der Waals surface area contributed by atoms with E-state index in [0.29, 0.717) is 36.0 Å². The van der Waals surface area contributed by atoms with E-state index < -0.39 is 0 Å². The Balaban J connectivity index is 1.63. The smallest absolute Gasteiger partial charge is 0.255 e. The van der Waals surface area contributed by atoms with Crippen LogP contribution in [0.2, 0.25) is 0 Å². The van der Waals surface area contributed by atoms with E-state index in [1.54, 1.807) is 19.3 Å². The van der Waals surface area contributed by atoms with Crippen molar-refractivity contribution in [3.8, 4) is 11.4 Å². The number of Topliss-reactive ketones (excluding diaryl/α,β-unsaturated/α-hetero) is 1. The molecular formula is C21H20FN5O2. The van der Waals surface area contributed by atoms with Crippen LogP contribution in [0.3, 0.4) is 0 Å². The quantitative estimate of drug-likeness (QED) is 0.634. The maximum Gasteiger partial charge on any atom is 0.255 e. The van der Waals surface area contributed by atoms with Crippen molar-refractivity contribution in [1.29, 1.82) is 0 Å². The summed E-state index contributed by atoms with van der Waals surface area (Å²) >= 11 is 0. The van der Waals surface area contributed by atoms with Gasteiger partial charge < -0.3 is 4.90 Å². The summed E-state index contributed by atoms with van der Waals surface area (Å²) in [4.78, 5) is 40.0. The number of anilines is 1. The van der Waals surface area contributed by atoms with Crippen LogP contribution in [0.4, 0.5) is 10.3 Å². The number of hydrogen-bond donors (Lipinski definition) is 0. The van der Waals surface area contributed by atoms with Crippen LogP contribution < -0.4 is 10.5 Å². The molecule has 0 radical (unpaired) electrons. The van der Waals surface area contributed by atoms with Crippen LogP contribution in [0.1, 0.15) is 23.2 Å². The van der Waals surface area contributed by atoms with Gasteiger partial charge in [0.1, 0.15) is 12.1 Å². The molecule has 0 bridgehead atoms. The van der Waals surface area contributed by atoms with Crippen molar-refractivity contribution < 1.29 is 9.18 Å². The minimum atomic E-state index is -0.368. The molecule has 0 N–H and O–H groups in total. The van der Waals surface area contributed by atoms with E-state index in [0.717, 1.165) is 12.8 Å². The largest absolute Gasteiger partial charge is 0.341 e. The maximum atomic E-state index is 13.2. The van der Waals surface area contributed by atoms with Crippen molar-refractivity contribution in [2.45, 2.75) is 12.8 Å². The first kappa shape index (κ1) is 18.9. The van der Waals surface area contributed by atoms with Crippen LogP contribution in [-0.2, 0) is 7.05 Å². The van der Waals surface area contributed by atoms with E-state index in [1.807, 2.05) is 4.90 Å². The number of carbonyl (C=O) groups is 1. The van der Waals surface area contributed by atoms with E-state index >= 15 is 0 Å². The third kappa shape index (κ3) is 3.91. The fraction of sp³-hybridized carbons (Fsp3) is 0.286. The van der Waals surface area contributed by atoms with Gasteiger partial charge in [-0.25, -0.2) is 19.3 Å². The first-order valence-corrected chi connectivity index (χ1v) is 9.42. The molecule has 3 heterocycles. The molecule has 1 saturated heterocycles. The summed E-state index contributed by atoms with van der Waals surface area (Å²) in [6.07, 6.45) is 4.55. The van der Waals surface area contributed by atoms with Crippen LogP contribution in [0.25, 0.3) is 11.4 Å². The second kappa shape index (κ2) is 7.90. The predicted molar refractivity (Wildman–Crippen MR) is 106 cm³/mol. The highest BCUT2D eigenvalue weighted by atomic mass is 19.1. The maximum absolute atomic E-state index is 13.2. The van der Waals surface area contributed by atoms with Gasteiger partial charge in [0.15, 0.2) is 5.78 Å². The molecule has 2 aromatic heterocycles. The molecule has 0 aliphatic carbocycles. The van der Waals surface area contributed by atoms with Crippen molar-refractivity contribution in [2.75, 3.05) is 18.0 Å². The zero-order valence-corrected chi connectivity index (χ0v) is 16.0. The lowest BCUT2D eigenvalue weighted by molar-refractivity contribution is 0.0906. The molecule has 1 unspecified atom stereocenters. The van der Waals surface area contributed by atoms with E-state index in [2.05, 4.69) is 15.0 Å². The van der Waals surface area contributed by atoms with Gasteiger partial charge in [0.05, 0.1) is 11.4 Å². The number of nitrogens with zero attached hydrogens (tertiary/aromatic N) is 5. The van der Waals surface area contributed by atoms with Gasteiger partial charge in [0.25, 0.3) is 5.56 Å². The molecule has 8 heteroatoms. The second-order valence-electron chi connectivity index (χ2n) is 7.09. The van der Waals surface area contributed by atoms with Gasteiger partial charge in [-0.05, 0) is 43.2 Å². The predicted octanol–water partition coefficient (Wildman–Crippen LogP) is 2.48. The number of ketones is 1. The Morgan fingerprint density at radius 2 is 1.97 bits per heavy atom. The Kier molecular flexibility index (Phi) is 5.16. The van der Waals surface area contributed by atoms with Gasteiger partial charge in [-0.15, -0.1) is 0 Å². The third-order valence-electron chi connectivity index (χ3n) is 5.16. The molecule has 7 nitrogen and oxygen atoms in total. The zero-order chi connectivity index (χ0) is 20.4. The topological polar surface area (TPSA) is 81.0 Å². The van der Waals surface area contributed by atoms with Crippen LogP contribution in [-0.4, -0.2) is 38.4 Å². The third-order valence-corrected chi connectivity index (χ3v) is 5.16. The molecule has 1 aliphatic heterocycles. The van der Waals surface area contributed by atoms with Crippen LogP contribution in [0.5, 0.6) is 0 Å². The molecule has 1 aromatic carbocycles. The van der Waals surface area contributed by atoms with Crippen molar-refractivity contribution in [3.63, 3.8) is 0 Å². The van der Waals surface area contributed by atoms with Gasteiger partial charge in [0.2, 0.25) is 5.95 Å². The number of piperidine rings is 1. The molecule has 0 saturated carbocycles. The zero-order valence-electron chi connectivity index (χ0n) is 16.0. The van der Waals surface area contributed by atoms with Gasteiger partial charge in [-0.3, -0.25) is 14.2 Å². The Bertz CT molecular complexity index is 1080. The van der Waals surface area contributed by atoms with Gasteiger partial charge in [0, 0.05) is 43.9 Å². The van der Waals surface area contributed by atoms with Crippen LogP contribution in [0.15, 0.2) is 53.7 Å². The molecule has 1 aliphatic rings. The molecule has 0 spiro atoms. The van der Waals surface area contributed by atoms with Crippen LogP contribution >= 0.6 is 0 Å². The highest BCUT2D eigenvalue weighted by Gasteiger charge is 2.28. The van der Waals surface area contributed by atoms with E-state index in [1.165, 1.54) is 41.2 Å². The molecule has 0 amide bonds. The molecular weight excluding hydrogens is 373 g/mol. The summed E-state index contributed by atoms with van der Waals surface area (Å²) in [5.74, 6) is -0.129. The number of hydrogen-bond acceptors (Lipinski definition) is 6. The Labute approximate surface area is 166 Å². The van der Waals surface area contributed by atoms with Crippen molar-refractivity contribution in [2.24, 2.45) is 13.0 Å².